The summed E-state index contributed by atoms with van der Waals surface area (Å²) < 4.78 is 26.6. The molecule has 3 rings (SSSR count). The van der Waals surface area contributed by atoms with Crippen molar-refractivity contribution in [2.45, 2.75) is 12.8 Å². The summed E-state index contributed by atoms with van der Waals surface area (Å²) in [5.74, 6) is -2.87. The average molecular weight is 385 g/mol. The Bertz CT molecular complexity index is 802. The SMILES string of the molecule is O=C(Nc1ccc(F)cc1F)C1(C(=O)Nc2ccc(Cl)cc2Cl)CC1. The third-order valence-corrected chi connectivity index (χ3v) is 4.53. The third-order valence-electron chi connectivity index (χ3n) is 3.98. The number of benzene rings is 2. The van der Waals surface area contributed by atoms with Crippen LogP contribution in [0.15, 0.2) is 36.4 Å². The number of carbonyl (C=O) groups is 2. The highest BCUT2D eigenvalue weighted by Crippen LogP contribution is 2.48. The first-order valence-electron chi connectivity index (χ1n) is 7.35. The molecule has 0 radical (unpaired) electrons. The van der Waals surface area contributed by atoms with Crippen LogP contribution in [0.1, 0.15) is 12.8 Å². The molecule has 0 atom stereocenters. The van der Waals surface area contributed by atoms with E-state index in [1.807, 2.05) is 0 Å². The van der Waals surface area contributed by atoms with E-state index < -0.39 is 28.9 Å². The molecule has 1 saturated carbocycles. The van der Waals surface area contributed by atoms with E-state index in [2.05, 4.69) is 10.6 Å². The molecule has 130 valence electrons. The molecule has 1 aliphatic carbocycles. The number of anilines is 2. The number of halogens is 4. The molecule has 1 fully saturated rings. The van der Waals surface area contributed by atoms with E-state index in [1.165, 1.54) is 12.1 Å². The molecule has 0 saturated heterocycles. The molecule has 1 aliphatic rings. The van der Waals surface area contributed by atoms with Gasteiger partial charge in [-0.25, -0.2) is 8.78 Å². The lowest BCUT2D eigenvalue weighted by atomic mass is 10.0. The van der Waals surface area contributed by atoms with E-state index in [0.29, 0.717) is 29.6 Å². The maximum atomic E-state index is 13.7. The second-order valence-electron chi connectivity index (χ2n) is 5.74. The highest BCUT2D eigenvalue weighted by Gasteiger charge is 2.56. The third kappa shape index (κ3) is 3.60. The molecule has 2 aromatic rings. The van der Waals surface area contributed by atoms with Gasteiger partial charge in [-0.1, -0.05) is 23.2 Å². The molecule has 2 amide bonds. The number of hydrogen-bond acceptors (Lipinski definition) is 2. The summed E-state index contributed by atoms with van der Waals surface area (Å²) in [6, 6.07) is 7.32. The van der Waals surface area contributed by atoms with Crippen molar-refractivity contribution in [2.75, 3.05) is 10.6 Å². The standard InChI is InChI=1S/C17H12Cl2F2N2O2/c18-9-1-3-13(11(19)7-9)22-15(24)17(5-6-17)16(25)23-14-4-2-10(20)8-12(14)21/h1-4,7-8H,5-6H2,(H,22,24)(H,23,25). The van der Waals surface area contributed by atoms with Crippen LogP contribution in [0.3, 0.4) is 0 Å². The van der Waals surface area contributed by atoms with Crippen LogP contribution in [0, 0.1) is 17.0 Å². The van der Waals surface area contributed by atoms with Gasteiger partial charge in [-0.3, -0.25) is 9.59 Å². The summed E-state index contributed by atoms with van der Waals surface area (Å²) in [4.78, 5) is 24.9. The summed E-state index contributed by atoms with van der Waals surface area (Å²) in [5, 5.41) is 5.57. The molecule has 8 heteroatoms. The highest BCUT2D eigenvalue weighted by molar-refractivity contribution is 6.37. The summed E-state index contributed by atoms with van der Waals surface area (Å²) in [5.41, 5.74) is -1.16. The molecule has 0 aromatic heterocycles. The summed E-state index contributed by atoms with van der Waals surface area (Å²) in [6.07, 6.45) is 0.636. The van der Waals surface area contributed by atoms with Crippen molar-refractivity contribution in [2.24, 2.45) is 5.41 Å². The second-order valence-corrected chi connectivity index (χ2v) is 6.58. The van der Waals surface area contributed by atoms with Crippen molar-refractivity contribution in [1.82, 2.24) is 0 Å². The minimum absolute atomic E-state index is 0.185. The lowest BCUT2D eigenvalue weighted by molar-refractivity contribution is -0.131. The van der Waals surface area contributed by atoms with Crippen LogP contribution < -0.4 is 10.6 Å². The van der Waals surface area contributed by atoms with Crippen molar-refractivity contribution in [1.29, 1.82) is 0 Å². The fourth-order valence-electron chi connectivity index (χ4n) is 2.35. The van der Waals surface area contributed by atoms with E-state index in [-0.39, 0.29) is 10.7 Å². The van der Waals surface area contributed by atoms with E-state index in [1.54, 1.807) is 6.07 Å². The van der Waals surface area contributed by atoms with Crippen LogP contribution >= 0.6 is 23.2 Å². The fraction of sp³-hybridized carbons (Fsp3) is 0.176. The zero-order valence-electron chi connectivity index (χ0n) is 12.7. The van der Waals surface area contributed by atoms with Crippen molar-refractivity contribution >= 4 is 46.4 Å². The minimum atomic E-state index is -1.30. The van der Waals surface area contributed by atoms with Gasteiger partial charge < -0.3 is 10.6 Å². The maximum absolute atomic E-state index is 13.7. The van der Waals surface area contributed by atoms with Gasteiger partial charge in [0.2, 0.25) is 11.8 Å². The predicted molar refractivity (Wildman–Crippen MR) is 91.7 cm³/mol. The van der Waals surface area contributed by atoms with Crippen molar-refractivity contribution in [3.8, 4) is 0 Å². The Morgan fingerprint density at radius 2 is 1.52 bits per heavy atom. The van der Waals surface area contributed by atoms with E-state index in [9.17, 15) is 18.4 Å². The summed E-state index contributed by atoms with van der Waals surface area (Å²) in [7, 11) is 0. The number of hydrogen-bond donors (Lipinski definition) is 2. The molecule has 0 heterocycles. The Labute approximate surface area is 152 Å². The Balaban J connectivity index is 1.74. The zero-order chi connectivity index (χ0) is 18.2. The number of rotatable bonds is 4. The maximum Gasteiger partial charge on any atom is 0.240 e. The van der Waals surface area contributed by atoms with Crippen molar-refractivity contribution < 1.29 is 18.4 Å². The molecule has 0 aliphatic heterocycles. The Morgan fingerprint density at radius 1 is 0.920 bits per heavy atom. The van der Waals surface area contributed by atoms with Crippen LogP contribution in [0.2, 0.25) is 10.0 Å². The van der Waals surface area contributed by atoms with Gasteiger partial charge in [0.05, 0.1) is 16.4 Å². The zero-order valence-corrected chi connectivity index (χ0v) is 14.2. The van der Waals surface area contributed by atoms with Crippen molar-refractivity contribution in [3.63, 3.8) is 0 Å². The molecular weight excluding hydrogens is 373 g/mol. The van der Waals surface area contributed by atoms with Crippen molar-refractivity contribution in [3.05, 3.63) is 58.1 Å². The molecular formula is C17H12Cl2F2N2O2. The van der Waals surface area contributed by atoms with E-state index in [0.717, 1.165) is 12.1 Å². The van der Waals surface area contributed by atoms with Crippen LogP contribution in [0.25, 0.3) is 0 Å². The first-order chi connectivity index (χ1) is 11.8. The Kier molecular flexibility index (Phi) is 4.67. The molecule has 25 heavy (non-hydrogen) atoms. The highest BCUT2D eigenvalue weighted by atomic mass is 35.5. The van der Waals surface area contributed by atoms with E-state index in [4.69, 9.17) is 23.2 Å². The first kappa shape index (κ1) is 17.6. The van der Waals surface area contributed by atoms with Gasteiger partial charge in [0.1, 0.15) is 17.0 Å². The van der Waals surface area contributed by atoms with Crippen LogP contribution in [-0.4, -0.2) is 11.8 Å². The molecule has 4 nitrogen and oxygen atoms in total. The van der Waals surface area contributed by atoms with Crippen LogP contribution in [0.4, 0.5) is 20.2 Å². The lowest BCUT2D eigenvalue weighted by Gasteiger charge is -2.16. The van der Waals surface area contributed by atoms with Crippen LogP contribution in [-0.2, 0) is 9.59 Å². The van der Waals surface area contributed by atoms with Gasteiger partial charge in [-0.15, -0.1) is 0 Å². The number of carbonyl (C=O) groups excluding carboxylic acids is 2. The fourth-order valence-corrected chi connectivity index (χ4v) is 2.80. The minimum Gasteiger partial charge on any atom is -0.324 e. The topological polar surface area (TPSA) is 58.2 Å². The number of amides is 2. The van der Waals surface area contributed by atoms with Gasteiger partial charge >= 0.3 is 0 Å². The Morgan fingerprint density at radius 3 is 2.08 bits per heavy atom. The quantitative estimate of drug-likeness (QED) is 0.755. The summed E-state index contributed by atoms with van der Waals surface area (Å²) >= 11 is 11.8. The molecule has 0 bridgehead atoms. The molecule has 0 unspecified atom stereocenters. The van der Waals surface area contributed by atoms with Gasteiger partial charge in [0.15, 0.2) is 0 Å². The molecule has 2 N–H and O–H groups in total. The van der Waals surface area contributed by atoms with Gasteiger partial charge in [0.25, 0.3) is 0 Å². The molecule has 2 aromatic carbocycles. The predicted octanol–water partition coefficient (Wildman–Crippen LogP) is 4.63. The lowest BCUT2D eigenvalue weighted by Crippen LogP contribution is -2.36. The first-order valence-corrected chi connectivity index (χ1v) is 8.10. The monoisotopic (exact) mass is 384 g/mol. The Hall–Kier alpha value is -2.18. The van der Waals surface area contributed by atoms with Gasteiger partial charge in [-0.05, 0) is 43.2 Å². The number of nitrogens with one attached hydrogen (secondary N) is 2. The van der Waals surface area contributed by atoms with Gasteiger partial charge in [0, 0.05) is 11.1 Å². The van der Waals surface area contributed by atoms with E-state index >= 15 is 0 Å². The average Bonchev–Trinajstić information content (AvgIpc) is 3.34. The van der Waals surface area contributed by atoms with Gasteiger partial charge in [-0.2, -0.15) is 0 Å². The largest absolute Gasteiger partial charge is 0.324 e. The normalized spacial score (nSPS) is 14.7. The molecule has 0 spiro atoms. The second kappa shape index (κ2) is 6.61. The van der Waals surface area contributed by atoms with Crippen LogP contribution in [0.5, 0.6) is 0 Å². The smallest absolute Gasteiger partial charge is 0.240 e. The summed E-state index contributed by atoms with van der Waals surface area (Å²) in [6.45, 7) is 0.